The third kappa shape index (κ3) is 2.53. The smallest absolute Gasteiger partial charge is 0.319 e. The highest BCUT2D eigenvalue weighted by atomic mass is 32.2. The number of nitrogens with zero attached hydrogens (tertiary/aromatic N) is 5. The van der Waals surface area contributed by atoms with Crippen LogP contribution in [-0.2, 0) is 31.2 Å². The largest absolute Gasteiger partial charge is 0.328 e. The van der Waals surface area contributed by atoms with Gasteiger partial charge in [0.1, 0.15) is 12.2 Å². The number of imidazole rings is 1. The van der Waals surface area contributed by atoms with Crippen LogP contribution < -0.4 is 10.4 Å². The number of fused-ring (bicyclic) bond motifs is 1. The lowest BCUT2D eigenvalue weighted by Gasteiger charge is -2.13. The monoisotopic (exact) mass is 350 g/mol. The first kappa shape index (κ1) is 16.4. The molecule has 1 N–H and O–H groups in total. The summed E-state index contributed by atoms with van der Waals surface area (Å²) in [6.07, 6.45) is 1.51. The third-order valence-corrected chi connectivity index (χ3v) is 5.56. The van der Waals surface area contributed by atoms with Crippen LogP contribution in [0.3, 0.4) is 0 Å². The van der Waals surface area contributed by atoms with Gasteiger partial charge in [0.05, 0.1) is 22.0 Å². The molecular formula is C14H18N6O3S. The van der Waals surface area contributed by atoms with Crippen molar-refractivity contribution in [1.82, 2.24) is 28.6 Å². The van der Waals surface area contributed by atoms with Crippen LogP contribution in [0.4, 0.5) is 0 Å². The van der Waals surface area contributed by atoms with Gasteiger partial charge >= 0.3 is 5.69 Å². The van der Waals surface area contributed by atoms with Crippen molar-refractivity contribution in [1.29, 1.82) is 0 Å². The number of hydrogen-bond acceptors (Lipinski definition) is 5. The number of hydrogen-bond donors (Lipinski definition) is 1. The number of benzene rings is 1. The zero-order chi connectivity index (χ0) is 17.6. The van der Waals surface area contributed by atoms with E-state index >= 15 is 0 Å². The van der Waals surface area contributed by atoms with Gasteiger partial charge in [-0.2, -0.15) is 0 Å². The highest BCUT2D eigenvalue weighted by Crippen LogP contribution is 2.19. The second-order valence-corrected chi connectivity index (χ2v) is 7.41. The Bertz CT molecular complexity index is 1080. The fourth-order valence-corrected chi connectivity index (χ4v) is 3.91. The van der Waals surface area contributed by atoms with Crippen LogP contribution in [0.5, 0.6) is 0 Å². The molecule has 0 radical (unpaired) electrons. The first-order valence-electron chi connectivity index (χ1n) is 7.24. The number of sulfonamides is 1. The minimum atomic E-state index is -3.77. The van der Waals surface area contributed by atoms with E-state index in [2.05, 4.69) is 14.9 Å². The van der Waals surface area contributed by atoms with Crippen LogP contribution in [0.2, 0.25) is 0 Å². The molecule has 1 unspecified atom stereocenters. The van der Waals surface area contributed by atoms with Crippen molar-refractivity contribution in [2.45, 2.75) is 17.9 Å². The third-order valence-electron chi connectivity index (χ3n) is 4.02. The topological polar surface area (TPSA) is 104 Å². The summed E-state index contributed by atoms with van der Waals surface area (Å²) in [5, 5.41) is 7.66. The molecule has 2 heterocycles. The number of nitrogens with one attached hydrogen (secondary N) is 1. The molecular weight excluding hydrogens is 332 g/mol. The Morgan fingerprint density at radius 2 is 1.79 bits per heavy atom. The van der Waals surface area contributed by atoms with Crippen molar-refractivity contribution in [3.05, 3.63) is 40.8 Å². The molecule has 0 aliphatic rings. The van der Waals surface area contributed by atoms with Crippen LogP contribution in [0.1, 0.15) is 18.8 Å². The van der Waals surface area contributed by atoms with E-state index in [1.54, 1.807) is 38.7 Å². The van der Waals surface area contributed by atoms with Crippen LogP contribution in [0.25, 0.3) is 11.0 Å². The first-order valence-corrected chi connectivity index (χ1v) is 8.72. The van der Waals surface area contributed by atoms with Crippen molar-refractivity contribution in [3.8, 4) is 0 Å². The number of aryl methyl sites for hydroxylation is 3. The predicted molar refractivity (Wildman–Crippen MR) is 87.9 cm³/mol. The molecule has 0 saturated carbocycles. The Hall–Kier alpha value is -2.46. The maximum atomic E-state index is 12.6. The second-order valence-electron chi connectivity index (χ2n) is 5.69. The van der Waals surface area contributed by atoms with Gasteiger partial charge in [-0.1, -0.05) is 0 Å². The number of aromatic nitrogens is 5. The number of rotatable bonds is 4. The molecule has 0 saturated heterocycles. The molecule has 3 aromatic rings. The molecule has 24 heavy (non-hydrogen) atoms. The SMILES string of the molecule is CC(NS(=O)(=O)c1ccc2c(c1)n(C)c(=O)n2C)c1nncn1C. The summed E-state index contributed by atoms with van der Waals surface area (Å²) in [6, 6.07) is 4.05. The van der Waals surface area contributed by atoms with Gasteiger partial charge in [0.2, 0.25) is 10.0 Å². The molecule has 0 fully saturated rings. The molecule has 0 aliphatic carbocycles. The van der Waals surface area contributed by atoms with Crippen LogP contribution in [0, 0.1) is 0 Å². The maximum absolute atomic E-state index is 12.6. The first-order chi connectivity index (χ1) is 11.2. The van der Waals surface area contributed by atoms with E-state index in [-0.39, 0.29) is 10.6 Å². The van der Waals surface area contributed by atoms with E-state index in [1.165, 1.54) is 27.6 Å². The minimum absolute atomic E-state index is 0.0882. The van der Waals surface area contributed by atoms with Gasteiger partial charge in [-0.05, 0) is 25.1 Å². The van der Waals surface area contributed by atoms with Crippen LogP contribution in [-0.4, -0.2) is 32.3 Å². The molecule has 0 bridgehead atoms. The van der Waals surface area contributed by atoms with Crippen molar-refractivity contribution in [3.63, 3.8) is 0 Å². The molecule has 0 amide bonds. The molecule has 128 valence electrons. The second kappa shape index (κ2) is 5.56. The Labute approximate surface area is 138 Å². The Morgan fingerprint density at radius 1 is 1.12 bits per heavy atom. The van der Waals surface area contributed by atoms with Gasteiger partial charge in [0.25, 0.3) is 0 Å². The average molecular weight is 350 g/mol. The van der Waals surface area contributed by atoms with E-state index in [0.717, 1.165) is 0 Å². The fourth-order valence-electron chi connectivity index (χ4n) is 2.69. The summed E-state index contributed by atoms with van der Waals surface area (Å²) in [7, 11) is 1.23. The standard InChI is InChI=1S/C14H18N6O3S/c1-9(13-16-15-8-18(13)2)17-24(22,23)10-5-6-11-12(7-10)20(4)14(21)19(11)3/h5-9,17H,1-4H3. The molecule has 9 nitrogen and oxygen atoms in total. The lowest BCUT2D eigenvalue weighted by Crippen LogP contribution is -2.28. The lowest BCUT2D eigenvalue weighted by atomic mass is 10.3. The van der Waals surface area contributed by atoms with E-state index in [0.29, 0.717) is 16.9 Å². The fraction of sp³-hybridized carbons (Fsp3) is 0.357. The molecule has 10 heteroatoms. The van der Waals surface area contributed by atoms with Crippen molar-refractivity contribution in [2.24, 2.45) is 21.1 Å². The summed E-state index contributed by atoms with van der Waals surface area (Å²) >= 11 is 0. The van der Waals surface area contributed by atoms with Crippen molar-refractivity contribution >= 4 is 21.1 Å². The van der Waals surface area contributed by atoms with Crippen molar-refractivity contribution < 1.29 is 8.42 Å². The summed E-state index contributed by atoms with van der Waals surface area (Å²) in [4.78, 5) is 12.1. The Balaban J connectivity index is 2.01. The Morgan fingerprint density at radius 3 is 2.42 bits per heavy atom. The average Bonchev–Trinajstić information content (AvgIpc) is 3.05. The van der Waals surface area contributed by atoms with Gasteiger partial charge in [-0.25, -0.2) is 17.9 Å². The van der Waals surface area contributed by atoms with Crippen molar-refractivity contribution in [2.75, 3.05) is 0 Å². The maximum Gasteiger partial charge on any atom is 0.328 e. The summed E-state index contributed by atoms with van der Waals surface area (Å²) < 4.78 is 32.4. The summed E-state index contributed by atoms with van der Waals surface area (Å²) in [6.45, 7) is 1.69. The zero-order valence-electron chi connectivity index (χ0n) is 13.8. The molecule has 0 spiro atoms. The molecule has 0 aliphatic heterocycles. The van der Waals surface area contributed by atoms with Crippen LogP contribution >= 0.6 is 0 Å². The molecule has 1 aromatic carbocycles. The van der Waals surface area contributed by atoms with E-state index in [1.807, 2.05) is 0 Å². The molecule has 3 rings (SSSR count). The molecule has 1 atom stereocenters. The van der Waals surface area contributed by atoms with Gasteiger partial charge in [-0.15, -0.1) is 10.2 Å². The lowest BCUT2D eigenvalue weighted by molar-refractivity contribution is 0.553. The highest BCUT2D eigenvalue weighted by molar-refractivity contribution is 7.89. The summed E-state index contributed by atoms with van der Waals surface area (Å²) in [5.74, 6) is 0.506. The van der Waals surface area contributed by atoms with E-state index in [9.17, 15) is 13.2 Å². The Kier molecular flexibility index (Phi) is 3.80. The predicted octanol–water partition coefficient (Wildman–Crippen LogP) is 0.0450. The van der Waals surface area contributed by atoms with Gasteiger partial charge in [0, 0.05) is 21.1 Å². The molecule has 2 aromatic heterocycles. The van der Waals surface area contributed by atoms with E-state index in [4.69, 9.17) is 0 Å². The summed E-state index contributed by atoms with van der Waals surface area (Å²) in [5.41, 5.74) is 1.01. The van der Waals surface area contributed by atoms with Gasteiger partial charge in [-0.3, -0.25) is 9.13 Å². The normalized spacial score (nSPS) is 13.5. The highest BCUT2D eigenvalue weighted by Gasteiger charge is 2.22. The van der Waals surface area contributed by atoms with Crippen LogP contribution in [0.15, 0.2) is 34.2 Å². The van der Waals surface area contributed by atoms with E-state index < -0.39 is 16.1 Å². The minimum Gasteiger partial charge on any atom is -0.319 e. The van der Waals surface area contributed by atoms with Gasteiger partial charge in [0.15, 0.2) is 0 Å². The van der Waals surface area contributed by atoms with Gasteiger partial charge < -0.3 is 4.57 Å². The zero-order valence-corrected chi connectivity index (χ0v) is 14.6. The quantitative estimate of drug-likeness (QED) is 0.716.